The van der Waals surface area contributed by atoms with Crippen LogP contribution in [0.5, 0.6) is 0 Å². The fraction of sp³-hybridized carbons (Fsp3) is 0.417. The molecule has 0 bridgehead atoms. The number of nitrogens with two attached hydrogens (primary N) is 1. The minimum Gasteiger partial charge on any atom is -0.397 e. The first-order valence-electron chi connectivity index (χ1n) is 5.59. The lowest BCUT2D eigenvalue weighted by Gasteiger charge is -2.20. The van der Waals surface area contributed by atoms with E-state index in [1.54, 1.807) is 12.1 Å². The molecule has 1 aromatic heterocycles. The van der Waals surface area contributed by atoms with Crippen molar-refractivity contribution in [3.8, 4) is 0 Å². The number of carbonyl (C=O) groups is 2. The zero-order valence-corrected chi connectivity index (χ0v) is 10.8. The zero-order chi connectivity index (χ0) is 13.8. The van der Waals surface area contributed by atoms with Gasteiger partial charge in [-0.3, -0.25) is 9.59 Å². The largest absolute Gasteiger partial charge is 0.397 e. The molecule has 0 unspecified atom stereocenters. The van der Waals surface area contributed by atoms with Crippen LogP contribution in [0.25, 0.3) is 0 Å². The number of anilines is 1. The maximum atomic E-state index is 11.7. The van der Waals surface area contributed by atoms with Gasteiger partial charge in [0.15, 0.2) is 5.69 Å². The number of amides is 2. The Morgan fingerprint density at radius 3 is 2.61 bits per heavy atom. The van der Waals surface area contributed by atoms with Gasteiger partial charge >= 0.3 is 0 Å². The Kier molecular flexibility index (Phi) is 4.25. The number of nitrogens with zero attached hydrogens (tertiary/aromatic N) is 1. The Morgan fingerprint density at radius 1 is 1.39 bits per heavy atom. The molecule has 6 heteroatoms. The van der Waals surface area contributed by atoms with Gasteiger partial charge in [-0.15, -0.1) is 0 Å². The second-order valence-corrected chi connectivity index (χ2v) is 4.92. The molecule has 0 atom stereocenters. The first-order chi connectivity index (χ1) is 8.29. The van der Waals surface area contributed by atoms with Gasteiger partial charge < -0.3 is 16.4 Å². The molecule has 0 saturated carbocycles. The van der Waals surface area contributed by atoms with E-state index in [4.69, 9.17) is 5.73 Å². The molecule has 0 aliphatic carbocycles. The maximum Gasteiger partial charge on any atom is 0.272 e. The van der Waals surface area contributed by atoms with E-state index in [2.05, 4.69) is 15.6 Å². The van der Waals surface area contributed by atoms with Crippen LogP contribution in [-0.4, -0.2) is 28.9 Å². The fourth-order valence-corrected chi connectivity index (χ4v) is 1.31. The van der Waals surface area contributed by atoms with Gasteiger partial charge in [-0.25, -0.2) is 4.98 Å². The summed E-state index contributed by atoms with van der Waals surface area (Å²) in [4.78, 5) is 27.1. The van der Waals surface area contributed by atoms with Crippen molar-refractivity contribution in [1.29, 1.82) is 0 Å². The lowest BCUT2D eigenvalue weighted by molar-refractivity contribution is -0.121. The van der Waals surface area contributed by atoms with Crippen molar-refractivity contribution >= 4 is 17.5 Å². The van der Waals surface area contributed by atoms with Crippen LogP contribution in [0.1, 0.15) is 31.3 Å². The summed E-state index contributed by atoms with van der Waals surface area (Å²) in [6.45, 7) is 5.49. The molecule has 18 heavy (non-hydrogen) atoms. The van der Waals surface area contributed by atoms with Gasteiger partial charge in [0.05, 0.1) is 12.2 Å². The highest BCUT2D eigenvalue weighted by atomic mass is 16.2. The normalized spacial score (nSPS) is 10.8. The van der Waals surface area contributed by atoms with E-state index in [1.807, 2.05) is 20.8 Å². The van der Waals surface area contributed by atoms with Crippen LogP contribution in [0.15, 0.2) is 18.3 Å². The quantitative estimate of drug-likeness (QED) is 0.719. The third kappa shape index (κ3) is 4.40. The van der Waals surface area contributed by atoms with Gasteiger partial charge in [0, 0.05) is 11.7 Å². The van der Waals surface area contributed by atoms with Crippen molar-refractivity contribution in [1.82, 2.24) is 15.6 Å². The lowest BCUT2D eigenvalue weighted by Crippen LogP contribution is -2.46. The van der Waals surface area contributed by atoms with Gasteiger partial charge in [0.2, 0.25) is 5.91 Å². The van der Waals surface area contributed by atoms with E-state index in [9.17, 15) is 9.59 Å². The summed E-state index contributed by atoms with van der Waals surface area (Å²) in [6.07, 6.45) is 1.47. The molecule has 0 spiro atoms. The Bertz CT molecular complexity index is 452. The van der Waals surface area contributed by atoms with Gasteiger partial charge in [0.1, 0.15) is 0 Å². The molecule has 1 heterocycles. The zero-order valence-electron chi connectivity index (χ0n) is 10.8. The fourth-order valence-electron chi connectivity index (χ4n) is 1.31. The topological polar surface area (TPSA) is 97.1 Å². The molecular formula is C12H18N4O2. The second-order valence-electron chi connectivity index (χ2n) is 4.92. The summed E-state index contributed by atoms with van der Waals surface area (Å²) in [6, 6.07) is 3.22. The first kappa shape index (κ1) is 14.0. The molecule has 0 aliphatic heterocycles. The number of hydrogen-bond acceptors (Lipinski definition) is 4. The Labute approximate surface area is 106 Å². The monoisotopic (exact) mass is 250 g/mol. The first-order valence-corrected chi connectivity index (χ1v) is 5.59. The summed E-state index contributed by atoms with van der Waals surface area (Å²) < 4.78 is 0. The summed E-state index contributed by atoms with van der Waals surface area (Å²) in [5.74, 6) is -0.720. The van der Waals surface area contributed by atoms with Crippen molar-refractivity contribution in [2.24, 2.45) is 0 Å². The summed E-state index contributed by atoms with van der Waals surface area (Å²) in [7, 11) is 0. The van der Waals surface area contributed by atoms with Crippen LogP contribution in [0.3, 0.4) is 0 Å². The number of aromatic nitrogens is 1. The van der Waals surface area contributed by atoms with Crippen LogP contribution >= 0.6 is 0 Å². The predicted octanol–water partition coefficient (Wildman–Crippen LogP) is 0.308. The molecule has 0 aliphatic rings. The van der Waals surface area contributed by atoms with Crippen LogP contribution in [0.2, 0.25) is 0 Å². The van der Waals surface area contributed by atoms with Gasteiger partial charge in [-0.05, 0) is 32.9 Å². The molecule has 1 rings (SSSR count). The number of nitrogens with one attached hydrogen (secondary N) is 2. The lowest BCUT2D eigenvalue weighted by atomic mass is 10.1. The standard InChI is InChI=1S/C12H18N4O2/c1-12(2,3)16-9(17)7-15-11(18)10-8(13)5-4-6-14-10/h4-6H,7,13H2,1-3H3,(H,15,18)(H,16,17). The third-order valence-corrected chi connectivity index (χ3v) is 1.98. The van der Waals surface area contributed by atoms with E-state index in [0.717, 1.165) is 0 Å². The van der Waals surface area contributed by atoms with Gasteiger partial charge in [0.25, 0.3) is 5.91 Å². The van der Waals surface area contributed by atoms with Gasteiger partial charge in [-0.1, -0.05) is 0 Å². The van der Waals surface area contributed by atoms with Crippen LogP contribution in [0.4, 0.5) is 5.69 Å². The summed E-state index contributed by atoms with van der Waals surface area (Å²) in [5.41, 5.74) is 5.69. The number of hydrogen-bond donors (Lipinski definition) is 3. The van der Waals surface area contributed by atoms with E-state index in [0.29, 0.717) is 0 Å². The van der Waals surface area contributed by atoms with Crippen molar-refractivity contribution in [2.75, 3.05) is 12.3 Å². The summed E-state index contributed by atoms with van der Waals surface area (Å²) in [5, 5.41) is 5.20. The molecule has 0 radical (unpaired) electrons. The molecule has 0 fully saturated rings. The van der Waals surface area contributed by atoms with E-state index >= 15 is 0 Å². The number of nitrogen functional groups attached to an aromatic ring is 1. The SMILES string of the molecule is CC(C)(C)NC(=O)CNC(=O)c1ncccc1N. The molecule has 98 valence electrons. The number of pyridine rings is 1. The highest BCUT2D eigenvalue weighted by Gasteiger charge is 2.16. The molecule has 1 aromatic rings. The minimum absolute atomic E-state index is 0.105. The van der Waals surface area contributed by atoms with Crippen LogP contribution < -0.4 is 16.4 Å². The average molecular weight is 250 g/mol. The average Bonchev–Trinajstić information content (AvgIpc) is 2.24. The van der Waals surface area contributed by atoms with Crippen LogP contribution in [0, 0.1) is 0 Å². The number of carbonyl (C=O) groups excluding carboxylic acids is 2. The van der Waals surface area contributed by atoms with Crippen LogP contribution in [-0.2, 0) is 4.79 Å². The van der Waals surface area contributed by atoms with Crippen molar-refractivity contribution in [3.05, 3.63) is 24.0 Å². The molecule has 0 aromatic carbocycles. The van der Waals surface area contributed by atoms with E-state index in [1.165, 1.54) is 6.20 Å². The van der Waals surface area contributed by atoms with Gasteiger partial charge in [-0.2, -0.15) is 0 Å². The molecular weight excluding hydrogens is 232 g/mol. The van der Waals surface area contributed by atoms with E-state index < -0.39 is 5.91 Å². The Morgan fingerprint density at radius 2 is 2.06 bits per heavy atom. The Hall–Kier alpha value is -2.11. The molecule has 0 saturated heterocycles. The predicted molar refractivity (Wildman–Crippen MR) is 68.9 cm³/mol. The highest BCUT2D eigenvalue weighted by Crippen LogP contribution is 2.06. The number of rotatable bonds is 3. The molecule has 2 amide bonds. The minimum atomic E-state index is -0.461. The Balaban J connectivity index is 2.52. The second kappa shape index (κ2) is 5.48. The molecule has 6 nitrogen and oxygen atoms in total. The van der Waals surface area contributed by atoms with Crippen molar-refractivity contribution < 1.29 is 9.59 Å². The third-order valence-electron chi connectivity index (χ3n) is 1.98. The maximum absolute atomic E-state index is 11.7. The highest BCUT2D eigenvalue weighted by molar-refractivity contribution is 5.98. The molecule has 4 N–H and O–H groups in total. The smallest absolute Gasteiger partial charge is 0.272 e. The van der Waals surface area contributed by atoms with Crippen molar-refractivity contribution in [3.63, 3.8) is 0 Å². The van der Waals surface area contributed by atoms with Crippen molar-refractivity contribution in [2.45, 2.75) is 26.3 Å². The van der Waals surface area contributed by atoms with E-state index in [-0.39, 0.29) is 29.4 Å². The summed E-state index contributed by atoms with van der Waals surface area (Å²) >= 11 is 0.